The quantitative estimate of drug-likeness (QED) is 0.661. The Kier molecular flexibility index (Phi) is 4.13. The van der Waals surface area contributed by atoms with Gasteiger partial charge in [-0.15, -0.1) is 0 Å². The first-order valence-corrected chi connectivity index (χ1v) is 9.70. The van der Waals surface area contributed by atoms with Gasteiger partial charge in [-0.05, 0) is 60.9 Å². The van der Waals surface area contributed by atoms with Crippen LogP contribution in [0.15, 0.2) is 60.7 Å². The van der Waals surface area contributed by atoms with Gasteiger partial charge in [-0.1, -0.05) is 18.2 Å². The second-order valence-corrected chi connectivity index (χ2v) is 7.46. The van der Waals surface area contributed by atoms with E-state index in [1.165, 1.54) is 4.90 Å². The molecule has 3 aromatic carbocycles. The van der Waals surface area contributed by atoms with E-state index in [1.807, 2.05) is 31.2 Å². The molecule has 1 N–H and O–H groups in total. The smallest absolute Gasteiger partial charge is 0.266 e. The third kappa shape index (κ3) is 3.03. The van der Waals surface area contributed by atoms with E-state index < -0.39 is 0 Å². The second-order valence-electron chi connectivity index (χ2n) is 7.46. The average molecular weight is 398 g/mol. The fourth-order valence-corrected chi connectivity index (χ4v) is 3.84. The number of ether oxygens (including phenoxy) is 1. The van der Waals surface area contributed by atoms with E-state index >= 15 is 0 Å². The fourth-order valence-electron chi connectivity index (χ4n) is 3.84. The number of anilines is 2. The number of fused-ring (bicyclic) bond motifs is 2. The molecule has 6 heteroatoms. The van der Waals surface area contributed by atoms with Crippen LogP contribution in [0.2, 0.25) is 0 Å². The highest BCUT2D eigenvalue weighted by atomic mass is 16.5. The Morgan fingerprint density at radius 1 is 0.833 bits per heavy atom. The largest absolute Gasteiger partial charge is 0.457 e. The van der Waals surface area contributed by atoms with Crippen LogP contribution in [-0.2, 0) is 11.2 Å². The van der Waals surface area contributed by atoms with Crippen LogP contribution in [0, 0.1) is 6.92 Å². The maximum Gasteiger partial charge on any atom is 0.266 e. The van der Waals surface area contributed by atoms with Crippen LogP contribution in [0.3, 0.4) is 0 Å². The van der Waals surface area contributed by atoms with Gasteiger partial charge in [0, 0.05) is 18.2 Å². The summed E-state index contributed by atoms with van der Waals surface area (Å²) < 4.78 is 5.92. The van der Waals surface area contributed by atoms with Gasteiger partial charge in [0.05, 0.1) is 16.8 Å². The highest BCUT2D eigenvalue weighted by Crippen LogP contribution is 2.34. The molecule has 0 saturated heterocycles. The predicted octanol–water partition coefficient (Wildman–Crippen LogP) is 4.47. The summed E-state index contributed by atoms with van der Waals surface area (Å²) in [5, 5.41) is 2.84. The molecule has 0 saturated carbocycles. The number of benzene rings is 3. The van der Waals surface area contributed by atoms with Crippen molar-refractivity contribution in [2.45, 2.75) is 19.8 Å². The number of hydrogen-bond acceptors (Lipinski definition) is 4. The van der Waals surface area contributed by atoms with Crippen molar-refractivity contribution < 1.29 is 19.1 Å². The molecule has 2 heterocycles. The summed E-state index contributed by atoms with van der Waals surface area (Å²) in [7, 11) is 0. The minimum absolute atomic E-state index is 0.0162. The Balaban J connectivity index is 1.44. The molecule has 0 atom stereocenters. The zero-order chi connectivity index (χ0) is 20.8. The summed E-state index contributed by atoms with van der Waals surface area (Å²) in [6.07, 6.45) is 1.18. The van der Waals surface area contributed by atoms with Crippen LogP contribution in [0.4, 0.5) is 11.4 Å². The summed E-state index contributed by atoms with van der Waals surface area (Å²) in [5.41, 5.74) is 3.98. The average Bonchev–Trinajstić information content (AvgIpc) is 2.97. The van der Waals surface area contributed by atoms with Gasteiger partial charge in [0.2, 0.25) is 5.91 Å². The number of amides is 3. The Hall–Kier alpha value is -3.93. The molecular formula is C24H18N2O4. The molecule has 0 aromatic heterocycles. The molecule has 2 aliphatic rings. The highest BCUT2D eigenvalue weighted by Gasteiger charge is 2.37. The third-order valence-corrected chi connectivity index (χ3v) is 5.33. The number of carbonyl (C=O) groups is 3. The van der Waals surface area contributed by atoms with Crippen LogP contribution in [0.5, 0.6) is 11.5 Å². The molecule has 3 aromatic rings. The Labute approximate surface area is 173 Å². The number of nitrogens with zero attached hydrogens (tertiary/aromatic N) is 1. The fraction of sp³-hybridized carbons (Fsp3) is 0.125. The van der Waals surface area contributed by atoms with Crippen LogP contribution in [0.25, 0.3) is 0 Å². The Morgan fingerprint density at radius 3 is 2.43 bits per heavy atom. The van der Waals surface area contributed by atoms with Gasteiger partial charge in [0.1, 0.15) is 11.5 Å². The summed E-state index contributed by atoms with van der Waals surface area (Å²) >= 11 is 0. The van der Waals surface area contributed by atoms with Gasteiger partial charge in [-0.25, -0.2) is 4.90 Å². The van der Waals surface area contributed by atoms with E-state index in [9.17, 15) is 14.4 Å². The zero-order valence-electron chi connectivity index (χ0n) is 16.3. The highest BCUT2D eigenvalue weighted by molar-refractivity contribution is 6.34. The lowest BCUT2D eigenvalue weighted by atomic mass is 10.0. The third-order valence-electron chi connectivity index (χ3n) is 5.33. The van der Waals surface area contributed by atoms with E-state index in [1.54, 1.807) is 36.4 Å². The maximum absolute atomic E-state index is 13.0. The number of carbonyl (C=O) groups excluding carboxylic acids is 3. The first-order valence-electron chi connectivity index (χ1n) is 9.70. The molecule has 6 nitrogen and oxygen atoms in total. The molecule has 0 bridgehead atoms. The molecule has 0 radical (unpaired) electrons. The van der Waals surface area contributed by atoms with Gasteiger partial charge in [0.25, 0.3) is 11.8 Å². The molecule has 3 amide bonds. The number of aryl methyl sites for hydroxylation is 2. The molecule has 148 valence electrons. The SMILES string of the molecule is Cc1cccc(N2C(=O)c3ccc(Oc4ccc5c(c4)NC(=O)CC5)cc3C2=O)c1. The van der Waals surface area contributed by atoms with Gasteiger partial charge in [-0.2, -0.15) is 0 Å². The normalized spacial score (nSPS) is 15.0. The number of rotatable bonds is 3. The standard InChI is InChI=1S/C24H18N2O4/c1-14-3-2-4-16(11-14)26-23(28)19-9-8-17(12-20(19)24(26)29)30-18-7-5-15-6-10-22(27)25-21(15)13-18/h2-5,7-9,11-13H,6,10H2,1H3,(H,25,27). The minimum atomic E-state index is -0.372. The topological polar surface area (TPSA) is 75.7 Å². The van der Waals surface area contributed by atoms with Gasteiger partial charge < -0.3 is 10.1 Å². The summed E-state index contributed by atoms with van der Waals surface area (Å²) in [4.78, 5) is 38.6. The van der Waals surface area contributed by atoms with E-state index in [4.69, 9.17) is 4.74 Å². The molecular weight excluding hydrogens is 380 g/mol. The van der Waals surface area contributed by atoms with Gasteiger partial charge >= 0.3 is 0 Å². The summed E-state index contributed by atoms with van der Waals surface area (Å²) in [6, 6.07) is 17.7. The lowest BCUT2D eigenvalue weighted by molar-refractivity contribution is -0.116. The molecule has 0 unspecified atom stereocenters. The minimum Gasteiger partial charge on any atom is -0.457 e. The first-order chi connectivity index (χ1) is 14.5. The Bertz CT molecular complexity index is 1230. The van der Waals surface area contributed by atoms with Gasteiger partial charge in [-0.3, -0.25) is 14.4 Å². The number of imide groups is 1. The van der Waals surface area contributed by atoms with Crippen molar-refractivity contribution in [1.82, 2.24) is 0 Å². The van der Waals surface area contributed by atoms with Crippen molar-refractivity contribution in [3.63, 3.8) is 0 Å². The lowest BCUT2D eigenvalue weighted by Crippen LogP contribution is -2.29. The maximum atomic E-state index is 13.0. The van der Waals surface area contributed by atoms with E-state index in [0.717, 1.165) is 16.8 Å². The van der Waals surface area contributed by atoms with Crippen LogP contribution in [-0.4, -0.2) is 17.7 Å². The van der Waals surface area contributed by atoms with Crippen molar-refractivity contribution in [3.05, 3.63) is 82.9 Å². The summed E-state index contributed by atoms with van der Waals surface area (Å²) in [6.45, 7) is 1.91. The molecule has 0 spiro atoms. The van der Waals surface area contributed by atoms with Crippen LogP contribution in [0.1, 0.15) is 38.3 Å². The first kappa shape index (κ1) is 18.1. The molecule has 0 fully saturated rings. The van der Waals surface area contributed by atoms with E-state index in [-0.39, 0.29) is 17.7 Å². The van der Waals surface area contributed by atoms with Crippen LogP contribution < -0.4 is 15.0 Å². The lowest BCUT2D eigenvalue weighted by Gasteiger charge is -2.17. The van der Waals surface area contributed by atoms with Crippen molar-refractivity contribution in [2.24, 2.45) is 0 Å². The second kappa shape index (κ2) is 6.84. The monoisotopic (exact) mass is 398 g/mol. The van der Waals surface area contributed by atoms with Crippen LogP contribution >= 0.6 is 0 Å². The molecule has 2 aliphatic heterocycles. The molecule has 30 heavy (non-hydrogen) atoms. The Morgan fingerprint density at radius 2 is 1.60 bits per heavy atom. The van der Waals surface area contributed by atoms with Crippen molar-refractivity contribution >= 4 is 29.1 Å². The van der Waals surface area contributed by atoms with Crippen molar-refractivity contribution in [3.8, 4) is 11.5 Å². The number of nitrogens with one attached hydrogen (secondary N) is 1. The summed E-state index contributed by atoms with van der Waals surface area (Å²) in [5.74, 6) is 0.260. The molecule has 0 aliphatic carbocycles. The van der Waals surface area contributed by atoms with Gasteiger partial charge in [0.15, 0.2) is 0 Å². The van der Waals surface area contributed by atoms with E-state index in [2.05, 4.69) is 5.32 Å². The molecule has 5 rings (SSSR count). The zero-order valence-corrected chi connectivity index (χ0v) is 16.3. The number of hydrogen-bond donors (Lipinski definition) is 1. The van der Waals surface area contributed by atoms with E-state index in [0.29, 0.717) is 41.2 Å². The van der Waals surface area contributed by atoms with Crippen molar-refractivity contribution in [1.29, 1.82) is 0 Å². The predicted molar refractivity (Wildman–Crippen MR) is 112 cm³/mol. The van der Waals surface area contributed by atoms with Crippen molar-refractivity contribution in [2.75, 3.05) is 10.2 Å².